The van der Waals surface area contributed by atoms with Crippen molar-refractivity contribution in [1.82, 2.24) is 4.57 Å². The predicted molar refractivity (Wildman–Crippen MR) is 316 cm³/mol. The van der Waals surface area contributed by atoms with Crippen LogP contribution in [0.5, 0.6) is 23.0 Å². The molecule has 4 aliphatic rings. The van der Waals surface area contributed by atoms with Crippen LogP contribution in [0.1, 0.15) is 44.5 Å². The Morgan fingerprint density at radius 3 is 1.24 bits per heavy atom. The Hall–Kier alpha value is -10.2. The van der Waals surface area contributed by atoms with Gasteiger partial charge in [-0.25, -0.2) is 0 Å². The van der Waals surface area contributed by atoms with Gasteiger partial charge in [-0.05, 0) is 141 Å². The number of hydrogen-bond donors (Lipinski definition) is 0. The molecule has 2 aliphatic carbocycles. The number of fused-ring (bicyclic) bond motifs is 21. The molecule has 0 atom stereocenters. The molecule has 0 radical (unpaired) electrons. The summed E-state index contributed by atoms with van der Waals surface area (Å²) >= 11 is 0. The lowest BCUT2D eigenvalue weighted by Crippen LogP contribution is -2.32. The highest BCUT2D eigenvalue weighted by atomic mass is 16.5. The summed E-state index contributed by atoms with van der Waals surface area (Å²) in [6.45, 7) is 0. The fourth-order valence-electron chi connectivity index (χ4n) is 14.2. The molecule has 2 aliphatic heterocycles. The highest BCUT2D eigenvalue weighted by Gasteiger charge is 2.53. The number of aromatic nitrogens is 1. The van der Waals surface area contributed by atoms with E-state index < -0.39 is 10.8 Å². The van der Waals surface area contributed by atoms with E-state index in [1.54, 1.807) is 0 Å². The van der Waals surface area contributed by atoms with Gasteiger partial charge in [0.15, 0.2) is 0 Å². The number of benzene rings is 12. The van der Waals surface area contributed by atoms with E-state index in [1.807, 2.05) is 0 Å². The maximum Gasteiger partial charge on any atom is 0.132 e. The zero-order valence-corrected chi connectivity index (χ0v) is 42.3. The van der Waals surface area contributed by atoms with Crippen molar-refractivity contribution in [2.75, 3.05) is 4.90 Å². The van der Waals surface area contributed by atoms with Crippen LogP contribution < -0.4 is 14.4 Å². The largest absolute Gasteiger partial charge is 0.457 e. The predicted octanol–water partition coefficient (Wildman–Crippen LogP) is 18.9. The van der Waals surface area contributed by atoms with Crippen molar-refractivity contribution in [3.8, 4) is 62.1 Å². The molecule has 13 aromatic rings. The van der Waals surface area contributed by atoms with Crippen LogP contribution in [0.4, 0.5) is 17.1 Å². The summed E-state index contributed by atoms with van der Waals surface area (Å²) in [7, 11) is 0. The SMILES string of the molecule is c1ccc(-n2c3ccccc3c3ccc(-c4cccc(N(c5ccc6c(c5)C5(c7ccccc7Oc7ccccc75)c5ccccc5-6)c5ccc6c(c5)C5(c7ccccc7Oc7ccccc75)c5ccccc5-6)c4)cc32)cc1. The minimum Gasteiger partial charge on any atom is -0.457 e. The Bertz CT molecular complexity index is 4370. The van der Waals surface area contributed by atoms with Crippen molar-refractivity contribution in [2.24, 2.45) is 0 Å². The van der Waals surface area contributed by atoms with Crippen LogP contribution in [-0.2, 0) is 10.8 Å². The fraction of sp³-hybridized carbons (Fsp3) is 0.0270. The van der Waals surface area contributed by atoms with E-state index in [-0.39, 0.29) is 0 Å². The molecule has 78 heavy (non-hydrogen) atoms. The average molecular weight is 995 g/mol. The van der Waals surface area contributed by atoms with Gasteiger partial charge in [0, 0.05) is 55.8 Å². The minimum absolute atomic E-state index is 0.646. The molecule has 1 aromatic heterocycles. The average Bonchev–Trinajstić information content (AvgIpc) is 4.08. The van der Waals surface area contributed by atoms with Crippen molar-refractivity contribution in [1.29, 1.82) is 0 Å². The van der Waals surface area contributed by atoms with Crippen molar-refractivity contribution in [2.45, 2.75) is 10.8 Å². The molecule has 4 nitrogen and oxygen atoms in total. The van der Waals surface area contributed by atoms with Crippen LogP contribution in [0.15, 0.2) is 279 Å². The molecule has 3 heterocycles. The van der Waals surface area contributed by atoms with Crippen LogP contribution in [0.2, 0.25) is 0 Å². The lowest BCUT2D eigenvalue weighted by Gasteiger charge is -2.40. The Labute approximate surface area is 451 Å². The van der Waals surface area contributed by atoms with Crippen molar-refractivity contribution >= 4 is 38.9 Å². The van der Waals surface area contributed by atoms with Gasteiger partial charge in [0.1, 0.15) is 23.0 Å². The van der Waals surface area contributed by atoms with Crippen molar-refractivity contribution < 1.29 is 9.47 Å². The number of nitrogens with zero attached hydrogens (tertiary/aromatic N) is 2. The van der Waals surface area contributed by atoms with Crippen LogP contribution in [0.25, 0.3) is 60.9 Å². The first-order valence-corrected chi connectivity index (χ1v) is 26.9. The summed E-state index contributed by atoms with van der Waals surface area (Å²) in [4.78, 5) is 2.49. The maximum absolute atomic E-state index is 6.80. The monoisotopic (exact) mass is 994 g/mol. The number of anilines is 3. The molecule has 2 spiro atoms. The maximum atomic E-state index is 6.80. The lowest BCUT2D eigenvalue weighted by molar-refractivity contribution is 0.436. The summed E-state index contributed by atoms with van der Waals surface area (Å²) in [6.07, 6.45) is 0. The third-order valence-electron chi connectivity index (χ3n) is 17.3. The standard InChI is InChI=1S/C74H46N2O2/c1-2-20-49(21-3-1)76-67-32-13-6-25-57(67)58-40-37-48(44-68(58)76)47-19-18-22-50(43-47)75(51-38-41-55-53-23-4-7-26-59(53)73(65(55)45-51)61-28-9-14-33-69(61)77-70-34-15-10-29-62(70)73)52-39-42-56-54-24-5-8-27-60(54)74(66(56)46-52)63-30-11-16-35-71(63)78-72-36-17-12-31-64(72)74/h1-46H. The lowest BCUT2D eigenvalue weighted by atomic mass is 9.66. The van der Waals surface area contributed by atoms with E-state index >= 15 is 0 Å². The van der Waals surface area contributed by atoms with Gasteiger partial charge in [0.25, 0.3) is 0 Å². The van der Waals surface area contributed by atoms with Gasteiger partial charge in [0.2, 0.25) is 0 Å². The normalized spacial score (nSPS) is 14.1. The molecule has 12 aromatic carbocycles. The summed E-state index contributed by atoms with van der Waals surface area (Å²) in [5.74, 6) is 3.49. The molecular formula is C74H46N2O2. The van der Waals surface area contributed by atoms with E-state index in [9.17, 15) is 0 Å². The van der Waals surface area contributed by atoms with Crippen molar-refractivity contribution in [3.63, 3.8) is 0 Å². The van der Waals surface area contributed by atoms with Gasteiger partial charge < -0.3 is 18.9 Å². The Morgan fingerprint density at radius 2 is 0.692 bits per heavy atom. The van der Waals surface area contributed by atoms with Crippen LogP contribution in [0.3, 0.4) is 0 Å². The Kier molecular flexibility index (Phi) is 8.94. The summed E-state index contributed by atoms with van der Waals surface area (Å²) in [6, 6.07) is 102. The van der Waals surface area contributed by atoms with E-state index in [4.69, 9.17) is 9.47 Å². The third kappa shape index (κ3) is 5.73. The molecule has 0 bridgehead atoms. The number of hydrogen-bond acceptors (Lipinski definition) is 3. The van der Waals surface area contributed by atoms with Gasteiger partial charge >= 0.3 is 0 Å². The second-order valence-corrected chi connectivity index (χ2v) is 21.0. The molecule has 0 saturated heterocycles. The van der Waals surface area contributed by atoms with Crippen molar-refractivity contribution in [3.05, 3.63) is 324 Å². The summed E-state index contributed by atoms with van der Waals surface area (Å²) in [5.41, 5.74) is 22.0. The quantitative estimate of drug-likeness (QED) is 0.172. The van der Waals surface area contributed by atoms with Gasteiger partial charge in [-0.1, -0.05) is 194 Å². The molecule has 0 amide bonds. The first-order valence-electron chi connectivity index (χ1n) is 26.9. The highest BCUT2D eigenvalue weighted by Crippen LogP contribution is 2.65. The molecule has 364 valence electrons. The second kappa shape index (κ2) is 16.2. The van der Waals surface area contributed by atoms with E-state index in [0.29, 0.717) is 0 Å². The minimum atomic E-state index is -0.646. The van der Waals surface area contributed by atoms with E-state index in [0.717, 1.165) is 79.1 Å². The number of rotatable bonds is 5. The highest BCUT2D eigenvalue weighted by molar-refractivity contribution is 6.10. The van der Waals surface area contributed by atoms with E-state index in [2.05, 4.69) is 289 Å². The molecular weight excluding hydrogens is 949 g/mol. The van der Waals surface area contributed by atoms with Gasteiger partial charge in [-0.15, -0.1) is 0 Å². The Morgan fingerprint density at radius 1 is 0.269 bits per heavy atom. The van der Waals surface area contributed by atoms with Gasteiger partial charge in [-0.3, -0.25) is 0 Å². The van der Waals surface area contributed by atoms with Gasteiger partial charge in [-0.2, -0.15) is 0 Å². The molecule has 4 heteroatoms. The third-order valence-corrected chi connectivity index (χ3v) is 17.3. The first-order chi connectivity index (χ1) is 38.7. The molecule has 0 N–H and O–H groups in total. The molecule has 0 unspecified atom stereocenters. The zero-order valence-electron chi connectivity index (χ0n) is 42.3. The topological polar surface area (TPSA) is 26.6 Å². The fourth-order valence-corrected chi connectivity index (χ4v) is 14.2. The summed E-state index contributed by atoms with van der Waals surface area (Å²) < 4.78 is 16.0. The summed E-state index contributed by atoms with van der Waals surface area (Å²) in [5, 5.41) is 2.46. The van der Waals surface area contributed by atoms with E-state index in [1.165, 1.54) is 66.3 Å². The second-order valence-electron chi connectivity index (χ2n) is 21.0. The first kappa shape index (κ1) is 43.1. The van der Waals surface area contributed by atoms with Crippen LogP contribution in [-0.4, -0.2) is 4.57 Å². The molecule has 0 fully saturated rings. The smallest absolute Gasteiger partial charge is 0.132 e. The van der Waals surface area contributed by atoms with Crippen LogP contribution >= 0.6 is 0 Å². The number of para-hydroxylation sites is 6. The van der Waals surface area contributed by atoms with Crippen LogP contribution in [0, 0.1) is 0 Å². The zero-order chi connectivity index (χ0) is 51.1. The molecule has 0 saturated carbocycles. The Balaban J connectivity index is 0.927. The number of ether oxygens (including phenoxy) is 2. The van der Waals surface area contributed by atoms with Gasteiger partial charge in [0.05, 0.1) is 21.9 Å². The molecule has 17 rings (SSSR count).